The second-order valence-corrected chi connectivity index (χ2v) is 7.82. The summed E-state index contributed by atoms with van der Waals surface area (Å²) in [5.41, 5.74) is 2.91. The highest BCUT2D eigenvalue weighted by Gasteiger charge is 2.34. The maximum atomic E-state index is 12.4. The van der Waals surface area contributed by atoms with Crippen molar-refractivity contribution in [2.45, 2.75) is 6.92 Å². The molecule has 5 nitrogen and oxygen atoms in total. The summed E-state index contributed by atoms with van der Waals surface area (Å²) >= 11 is 7.77. The Labute approximate surface area is 160 Å². The van der Waals surface area contributed by atoms with Crippen LogP contribution >= 0.6 is 22.9 Å². The first-order valence-electron chi connectivity index (χ1n) is 8.30. The van der Waals surface area contributed by atoms with E-state index in [4.69, 9.17) is 16.3 Å². The van der Waals surface area contributed by atoms with Crippen molar-refractivity contribution in [2.75, 3.05) is 30.4 Å². The molecule has 26 heavy (non-hydrogen) atoms. The molecule has 0 radical (unpaired) electrons. The second kappa shape index (κ2) is 6.78. The van der Waals surface area contributed by atoms with Crippen LogP contribution in [0.25, 0.3) is 10.2 Å². The minimum absolute atomic E-state index is 0.000519. The van der Waals surface area contributed by atoms with E-state index in [9.17, 15) is 4.79 Å². The number of carbonyl (C=O) groups is 1. The number of nitrogens with one attached hydrogen (secondary N) is 1. The molecule has 1 saturated heterocycles. The molecule has 0 spiro atoms. The van der Waals surface area contributed by atoms with Gasteiger partial charge < -0.3 is 15.0 Å². The van der Waals surface area contributed by atoms with E-state index < -0.39 is 0 Å². The predicted octanol–water partition coefficient (Wildman–Crippen LogP) is 4.34. The van der Waals surface area contributed by atoms with Crippen LogP contribution in [0.15, 0.2) is 36.4 Å². The van der Waals surface area contributed by atoms with Gasteiger partial charge in [-0.15, -0.1) is 0 Å². The fourth-order valence-corrected chi connectivity index (χ4v) is 4.28. The number of rotatable bonds is 4. The Morgan fingerprint density at radius 2 is 2.12 bits per heavy atom. The minimum Gasteiger partial charge on any atom is -0.495 e. The van der Waals surface area contributed by atoms with E-state index in [2.05, 4.69) is 34.3 Å². The van der Waals surface area contributed by atoms with Crippen LogP contribution in [-0.4, -0.2) is 31.1 Å². The van der Waals surface area contributed by atoms with Crippen LogP contribution in [0.2, 0.25) is 5.02 Å². The highest BCUT2D eigenvalue weighted by Crippen LogP contribution is 2.34. The van der Waals surface area contributed by atoms with Crippen LogP contribution in [0.1, 0.15) is 5.56 Å². The number of benzene rings is 2. The van der Waals surface area contributed by atoms with Gasteiger partial charge >= 0.3 is 0 Å². The van der Waals surface area contributed by atoms with E-state index in [1.165, 1.54) is 10.3 Å². The molecule has 0 aliphatic carbocycles. The van der Waals surface area contributed by atoms with Gasteiger partial charge in [-0.3, -0.25) is 4.79 Å². The van der Waals surface area contributed by atoms with E-state index in [1.54, 1.807) is 36.6 Å². The van der Waals surface area contributed by atoms with Gasteiger partial charge in [0.1, 0.15) is 5.75 Å². The van der Waals surface area contributed by atoms with Crippen molar-refractivity contribution in [3.8, 4) is 5.75 Å². The molecule has 7 heteroatoms. The van der Waals surface area contributed by atoms with E-state index in [0.29, 0.717) is 29.5 Å². The third-order valence-electron chi connectivity index (χ3n) is 4.47. The zero-order valence-corrected chi connectivity index (χ0v) is 16.0. The van der Waals surface area contributed by atoms with Crippen molar-refractivity contribution in [3.63, 3.8) is 0 Å². The van der Waals surface area contributed by atoms with Gasteiger partial charge in [-0.1, -0.05) is 29.0 Å². The van der Waals surface area contributed by atoms with Gasteiger partial charge in [-0.2, -0.15) is 0 Å². The molecule has 3 aromatic rings. The molecule has 4 rings (SSSR count). The summed E-state index contributed by atoms with van der Waals surface area (Å²) in [5.74, 6) is 0.537. The van der Waals surface area contributed by atoms with E-state index >= 15 is 0 Å². The lowest BCUT2D eigenvalue weighted by atomic mass is 10.00. The number of hydrogen-bond donors (Lipinski definition) is 1. The Kier molecular flexibility index (Phi) is 4.46. The highest BCUT2D eigenvalue weighted by atomic mass is 35.5. The van der Waals surface area contributed by atoms with Crippen molar-refractivity contribution in [1.82, 2.24) is 4.98 Å². The predicted molar refractivity (Wildman–Crippen MR) is 107 cm³/mol. The summed E-state index contributed by atoms with van der Waals surface area (Å²) in [7, 11) is 1.56. The van der Waals surface area contributed by atoms with Gasteiger partial charge in [-0.25, -0.2) is 4.98 Å². The molecule has 2 heterocycles. The van der Waals surface area contributed by atoms with Crippen molar-refractivity contribution in [3.05, 3.63) is 47.0 Å². The molecular weight excluding hydrogens is 370 g/mol. The summed E-state index contributed by atoms with van der Waals surface area (Å²) in [4.78, 5) is 19.2. The minimum atomic E-state index is -0.0513. The number of ether oxygens (including phenoxy) is 1. The summed E-state index contributed by atoms with van der Waals surface area (Å²) in [5, 5.41) is 4.37. The molecule has 1 aromatic heterocycles. The first kappa shape index (κ1) is 17.1. The first-order chi connectivity index (χ1) is 12.5. The molecule has 1 aliphatic heterocycles. The molecule has 0 saturated carbocycles. The number of aromatic nitrogens is 1. The topological polar surface area (TPSA) is 54.5 Å². The SMILES string of the molecule is COc1ccc(NC(=O)C2CN(c3nc4ccc(C)cc4s3)C2)cc1Cl. The van der Waals surface area contributed by atoms with Crippen molar-refractivity contribution < 1.29 is 9.53 Å². The number of hydrogen-bond acceptors (Lipinski definition) is 5. The van der Waals surface area contributed by atoms with Gasteiger partial charge in [0.25, 0.3) is 0 Å². The number of halogens is 1. The third-order valence-corrected chi connectivity index (χ3v) is 5.85. The Morgan fingerprint density at radius 1 is 1.31 bits per heavy atom. The number of thiazole rings is 1. The van der Waals surface area contributed by atoms with Crippen LogP contribution in [0, 0.1) is 12.8 Å². The number of nitrogens with zero attached hydrogens (tertiary/aromatic N) is 2. The molecule has 0 unspecified atom stereocenters. The van der Waals surface area contributed by atoms with Crippen LogP contribution in [0.3, 0.4) is 0 Å². The molecule has 2 aromatic carbocycles. The molecule has 134 valence electrons. The van der Waals surface area contributed by atoms with Crippen LogP contribution < -0.4 is 15.0 Å². The van der Waals surface area contributed by atoms with Gasteiger partial charge in [0.15, 0.2) is 5.13 Å². The Balaban J connectivity index is 1.39. The van der Waals surface area contributed by atoms with E-state index in [-0.39, 0.29) is 11.8 Å². The van der Waals surface area contributed by atoms with Gasteiger partial charge in [0.2, 0.25) is 5.91 Å². The summed E-state index contributed by atoms with van der Waals surface area (Å²) in [6, 6.07) is 11.5. The zero-order chi connectivity index (χ0) is 18.3. The Hall–Kier alpha value is -2.31. The van der Waals surface area contributed by atoms with Crippen LogP contribution in [0.5, 0.6) is 5.75 Å². The fourth-order valence-electron chi connectivity index (χ4n) is 2.94. The molecule has 1 fully saturated rings. The van der Waals surface area contributed by atoms with Crippen molar-refractivity contribution in [2.24, 2.45) is 5.92 Å². The number of carbonyl (C=O) groups excluding carboxylic acids is 1. The number of fused-ring (bicyclic) bond motifs is 1. The third kappa shape index (κ3) is 3.22. The number of anilines is 2. The number of aryl methyl sites for hydroxylation is 1. The maximum Gasteiger partial charge on any atom is 0.231 e. The lowest BCUT2D eigenvalue weighted by molar-refractivity contribution is -0.120. The highest BCUT2D eigenvalue weighted by molar-refractivity contribution is 7.22. The monoisotopic (exact) mass is 387 g/mol. The molecular formula is C19H18ClN3O2S. The zero-order valence-electron chi connectivity index (χ0n) is 14.5. The van der Waals surface area contributed by atoms with Gasteiger partial charge in [0.05, 0.1) is 28.3 Å². The largest absolute Gasteiger partial charge is 0.495 e. The quantitative estimate of drug-likeness (QED) is 0.723. The average Bonchev–Trinajstić information content (AvgIpc) is 2.96. The van der Waals surface area contributed by atoms with Gasteiger partial charge in [0, 0.05) is 18.8 Å². The van der Waals surface area contributed by atoms with Crippen molar-refractivity contribution in [1.29, 1.82) is 0 Å². The van der Waals surface area contributed by atoms with Crippen LogP contribution in [-0.2, 0) is 4.79 Å². The number of amides is 1. The molecule has 1 N–H and O–H groups in total. The summed E-state index contributed by atoms with van der Waals surface area (Å²) < 4.78 is 6.30. The Bertz CT molecular complexity index is 982. The summed E-state index contributed by atoms with van der Waals surface area (Å²) in [6.07, 6.45) is 0. The van der Waals surface area contributed by atoms with E-state index in [1.807, 2.05) is 6.07 Å². The van der Waals surface area contributed by atoms with E-state index in [0.717, 1.165) is 10.6 Å². The van der Waals surface area contributed by atoms with Gasteiger partial charge in [-0.05, 0) is 42.8 Å². The molecule has 1 aliphatic rings. The maximum absolute atomic E-state index is 12.4. The first-order valence-corrected chi connectivity index (χ1v) is 9.49. The van der Waals surface area contributed by atoms with Crippen molar-refractivity contribution >= 4 is 49.9 Å². The summed E-state index contributed by atoms with van der Waals surface area (Å²) in [6.45, 7) is 3.43. The second-order valence-electron chi connectivity index (χ2n) is 6.41. The number of methoxy groups -OCH3 is 1. The molecule has 0 atom stereocenters. The fraction of sp³-hybridized carbons (Fsp3) is 0.263. The normalized spacial score (nSPS) is 14.3. The standard InChI is InChI=1S/C19H18ClN3O2S/c1-11-3-5-15-17(7-11)26-19(22-15)23-9-12(10-23)18(24)21-13-4-6-16(25-2)14(20)8-13/h3-8,12H,9-10H2,1-2H3,(H,21,24). The molecule has 1 amide bonds. The lowest BCUT2D eigenvalue weighted by Crippen LogP contribution is -2.52. The smallest absolute Gasteiger partial charge is 0.231 e. The molecule has 0 bridgehead atoms. The lowest BCUT2D eigenvalue weighted by Gasteiger charge is -2.37. The average molecular weight is 388 g/mol. The van der Waals surface area contributed by atoms with Crippen LogP contribution in [0.4, 0.5) is 10.8 Å². The Morgan fingerprint density at radius 3 is 2.85 bits per heavy atom.